The number of nitrogens with zero attached hydrogens (tertiary/aromatic N) is 3. The van der Waals surface area contributed by atoms with Gasteiger partial charge >= 0.3 is 0 Å². The second-order valence-corrected chi connectivity index (χ2v) is 8.92. The van der Waals surface area contributed by atoms with Crippen molar-refractivity contribution in [1.29, 1.82) is 0 Å². The van der Waals surface area contributed by atoms with Crippen LogP contribution >= 0.6 is 0 Å². The van der Waals surface area contributed by atoms with Crippen LogP contribution in [0.4, 0.5) is 0 Å². The van der Waals surface area contributed by atoms with Gasteiger partial charge in [0.05, 0.1) is 29.5 Å². The molecule has 140 valence electrons. The lowest BCUT2D eigenvalue weighted by molar-refractivity contribution is -0.125. The summed E-state index contributed by atoms with van der Waals surface area (Å²) >= 11 is 0. The van der Waals surface area contributed by atoms with E-state index in [1.54, 1.807) is 36.4 Å². The van der Waals surface area contributed by atoms with Gasteiger partial charge in [0.1, 0.15) is 5.76 Å². The maximum atomic E-state index is 12.3. The molecule has 1 atom stereocenters. The van der Waals surface area contributed by atoms with Gasteiger partial charge in [0.25, 0.3) is 0 Å². The smallest absolute Gasteiger partial charge is 0.246 e. The molecular formula is C18H23N3O4S. The monoisotopic (exact) mass is 377 g/mol. The maximum absolute atomic E-state index is 12.3. The van der Waals surface area contributed by atoms with E-state index in [9.17, 15) is 13.2 Å². The van der Waals surface area contributed by atoms with Gasteiger partial charge in [-0.05, 0) is 38.5 Å². The highest BCUT2D eigenvalue weighted by Crippen LogP contribution is 2.27. The van der Waals surface area contributed by atoms with E-state index in [1.807, 2.05) is 18.5 Å². The molecule has 0 unspecified atom stereocenters. The van der Waals surface area contributed by atoms with Crippen LogP contribution in [0.25, 0.3) is 6.08 Å². The molecule has 1 fully saturated rings. The third-order valence-corrected chi connectivity index (χ3v) is 6.48. The molecule has 1 aliphatic heterocycles. The summed E-state index contributed by atoms with van der Waals surface area (Å²) in [5.41, 5.74) is 2.69. The molecule has 2 aromatic heterocycles. The average molecular weight is 377 g/mol. The minimum Gasteiger partial charge on any atom is -0.465 e. The van der Waals surface area contributed by atoms with E-state index in [1.165, 1.54) is 6.08 Å². The normalized spacial score (nSPS) is 19.3. The lowest BCUT2D eigenvalue weighted by atomic mass is 10.1. The van der Waals surface area contributed by atoms with E-state index in [0.717, 1.165) is 17.0 Å². The molecule has 26 heavy (non-hydrogen) atoms. The molecule has 0 aromatic carbocycles. The second kappa shape index (κ2) is 7.11. The van der Waals surface area contributed by atoms with Crippen LogP contribution in [-0.4, -0.2) is 47.6 Å². The van der Waals surface area contributed by atoms with Gasteiger partial charge in [-0.25, -0.2) is 8.42 Å². The molecule has 0 N–H and O–H groups in total. The Morgan fingerprint density at radius 2 is 2.23 bits per heavy atom. The summed E-state index contributed by atoms with van der Waals surface area (Å²) in [6.45, 7) is 4.23. The minimum atomic E-state index is -2.97. The van der Waals surface area contributed by atoms with Crippen molar-refractivity contribution in [1.82, 2.24) is 14.7 Å². The zero-order valence-corrected chi connectivity index (χ0v) is 16.0. The van der Waals surface area contributed by atoms with Crippen molar-refractivity contribution in [2.24, 2.45) is 0 Å². The summed E-state index contributed by atoms with van der Waals surface area (Å²) in [6.07, 6.45) is 5.24. The van der Waals surface area contributed by atoms with Crippen molar-refractivity contribution in [3.63, 3.8) is 0 Å². The Hall–Kier alpha value is -2.35. The number of likely N-dealkylation sites (N-methyl/N-ethyl adjacent to an activating group) is 1. The molecule has 2 aromatic rings. The molecule has 0 aliphatic carbocycles. The molecule has 7 nitrogen and oxygen atoms in total. The molecule has 3 rings (SSSR count). The molecule has 1 aliphatic rings. The fourth-order valence-electron chi connectivity index (χ4n) is 3.23. The van der Waals surface area contributed by atoms with Crippen molar-refractivity contribution in [3.8, 4) is 0 Å². The van der Waals surface area contributed by atoms with Crippen LogP contribution in [0.15, 0.2) is 28.9 Å². The van der Waals surface area contributed by atoms with Gasteiger partial charge in [-0.15, -0.1) is 0 Å². The summed E-state index contributed by atoms with van der Waals surface area (Å²) in [5.74, 6) is 0.821. The van der Waals surface area contributed by atoms with E-state index in [-0.39, 0.29) is 23.5 Å². The van der Waals surface area contributed by atoms with Gasteiger partial charge in [-0.1, -0.05) is 0 Å². The van der Waals surface area contributed by atoms with Crippen LogP contribution in [-0.2, 0) is 21.2 Å². The topological polar surface area (TPSA) is 85.4 Å². The Morgan fingerprint density at radius 3 is 2.85 bits per heavy atom. The van der Waals surface area contributed by atoms with Gasteiger partial charge in [0.15, 0.2) is 9.84 Å². The first-order valence-corrected chi connectivity index (χ1v) is 10.3. The summed E-state index contributed by atoms with van der Waals surface area (Å²) < 4.78 is 30.5. The number of hydrogen-bond acceptors (Lipinski definition) is 5. The number of furan rings is 1. The maximum Gasteiger partial charge on any atom is 0.246 e. The number of aromatic nitrogens is 2. The Labute approximate surface area is 153 Å². The highest BCUT2D eigenvalue weighted by atomic mass is 32.2. The number of hydrogen-bond donors (Lipinski definition) is 0. The van der Waals surface area contributed by atoms with Crippen LogP contribution in [0.1, 0.15) is 35.2 Å². The van der Waals surface area contributed by atoms with Crippen LogP contribution < -0.4 is 0 Å². The largest absolute Gasteiger partial charge is 0.465 e. The van der Waals surface area contributed by atoms with E-state index >= 15 is 0 Å². The molecule has 0 spiro atoms. The minimum absolute atomic E-state index is 0.118. The van der Waals surface area contributed by atoms with Gasteiger partial charge < -0.3 is 9.32 Å². The third-order valence-electron chi connectivity index (χ3n) is 4.73. The molecular weight excluding hydrogens is 354 g/mol. The Bertz CT molecular complexity index is 926. The number of carbonyl (C=O) groups excluding carboxylic acids is 1. The summed E-state index contributed by atoms with van der Waals surface area (Å²) in [6, 6.07) is 3.42. The van der Waals surface area contributed by atoms with E-state index in [4.69, 9.17) is 4.42 Å². The fourth-order valence-corrected chi connectivity index (χ4v) is 4.92. The first kappa shape index (κ1) is 18.4. The molecule has 0 saturated carbocycles. The summed E-state index contributed by atoms with van der Waals surface area (Å²) in [5, 5.41) is 4.54. The van der Waals surface area contributed by atoms with Gasteiger partial charge in [-0.3, -0.25) is 9.48 Å². The Balaban J connectivity index is 1.72. The number of aryl methyl sites for hydroxylation is 1. The lowest BCUT2D eigenvalue weighted by Gasteiger charge is -2.16. The van der Waals surface area contributed by atoms with E-state index in [0.29, 0.717) is 18.7 Å². The first-order chi connectivity index (χ1) is 12.3. The van der Waals surface area contributed by atoms with Crippen molar-refractivity contribution >= 4 is 21.8 Å². The van der Waals surface area contributed by atoms with Crippen LogP contribution in [0.3, 0.4) is 0 Å². The van der Waals surface area contributed by atoms with Crippen molar-refractivity contribution in [2.75, 3.05) is 18.6 Å². The highest BCUT2D eigenvalue weighted by Gasteiger charge is 2.31. The van der Waals surface area contributed by atoms with E-state index in [2.05, 4.69) is 5.10 Å². The molecule has 0 bridgehead atoms. The molecule has 1 saturated heterocycles. The predicted octanol–water partition coefficient (Wildman–Crippen LogP) is 2.12. The zero-order valence-electron chi connectivity index (χ0n) is 15.2. The van der Waals surface area contributed by atoms with Crippen molar-refractivity contribution < 1.29 is 17.6 Å². The quantitative estimate of drug-likeness (QED) is 0.745. The fraction of sp³-hybridized carbons (Fsp3) is 0.444. The average Bonchev–Trinajstić information content (AvgIpc) is 3.28. The van der Waals surface area contributed by atoms with Gasteiger partial charge in [0.2, 0.25) is 5.91 Å². The molecule has 3 heterocycles. The van der Waals surface area contributed by atoms with Crippen molar-refractivity contribution in [2.45, 2.75) is 32.9 Å². The Morgan fingerprint density at radius 1 is 1.46 bits per heavy atom. The number of carbonyl (C=O) groups is 1. The van der Waals surface area contributed by atoms with Crippen LogP contribution in [0.2, 0.25) is 0 Å². The van der Waals surface area contributed by atoms with Gasteiger partial charge in [0, 0.05) is 30.9 Å². The van der Waals surface area contributed by atoms with E-state index < -0.39 is 9.84 Å². The number of rotatable bonds is 5. The first-order valence-electron chi connectivity index (χ1n) is 8.48. The highest BCUT2D eigenvalue weighted by molar-refractivity contribution is 7.91. The predicted molar refractivity (Wildman–Crippen MR) is 98.2 cm³/mol. The molecule has 0 radical (unpaired) electrons. The number of amides is 1. The van der Waals surface area contributed by atoms with Gasteiger partial charge in [-0.2, -0.15) is 5.10 Å². The molecule has 1 amide bonds. The SMILES string of the molecule is Cc1nn([C@H]2CCS(=O)(=O)C2)c(C)c1CN(C)C(=O)/C=C/c1ccco1. The second-order valence-electron chi connectivity index (χ2n) is 6.69. The summed E-state index contributed by atoms with van der Waals surface area (Å²) in [7, 11) is -1.25. The standard InChI is InChI=1S/C18H23N3O4S/c1-13-17(11-20(3)18(22)7-6-16-5-4-9-25-16)14(2)21(19-13)15-8-10-26(23,24)12-15/h4-7,9,15H,8,10-12H2,1-3H3/b7-6+/t15-/m0/s1. The summed E-state index contributed by atoms with van der Waals surface area (Å²) in [4.78, 5) is 13.9. The third kappa shape index (κ3) is 3.90. The van der Waals surface area contributed by atoms with Crippen molar-refractivity contribution in [3.05, 3.63) is 47.2 Å². The zero-order chi connectivity index (χ0) is 18.9. The number of sulfone groups is 1. The Kier molecular flexibility index (Phi) is 5.04. The van der Waals surface area contributed by atoms with Crippen LogP contribution in [0.5, 0.6) is 0 Å². The van der Waals surface area contributed by atoms with Crippen LogP contribution in [0, 0.1) is 13.8 Å². The lowest BCUT2D eigenvalue weighted by Crippen LogP contribution is -2.24. The molecule has 8 heteroatoms.